The monoisotopic (exact) mass is 512 g/mol. The van der Waals surface area contributed by atoms with Crippen LogP contribution in [0.15, 0.2) is 91.0 Å². The molecule has 0 unspecified atom stereocenters. The number of hydrogen-bond donors (Lipinski definition) is 0. The zero-order chi connectivity index (χ0) is 26.9. The molecule has 0 spiro atoms. The van der Waals surface area contributed by atoms with E-state index in [-0.39, 0.29) is 10.8 Å². The predicted molar refractivity (Wildman–Crippen MR) is 166 cm³/mol. The van der Waals surface area contributed by atoms with Crippen molar-refractivity contribution in [3.8, 4) is 0 Å². The van der Waals surface area contributed by atoms with Crippen LogP contribution in [-0.4, -0.2) is 0 Å². The van der Waals surface area contributed by atoms with Crippen LogP contribution in [0.25, 0.3) is 0 Å². The lowest BCUT2D eigenvalue weighted by atomic mass is 9.65. The summed E-state index contributed by atoms with van der Waals surface area (Å²) in [6.07, 6.45) is 12.7. The molecule has 4 aromatic rings. The van der Waals surface area contributed by atoms with Gasteiger partial charge in [-0.25, -0.2) is 0 Å². The fourth-order valence-corrected chi connectivity index (χ4v) is 7.79. The third-order valence-electron chi connectivity index (χ3n) is 10.1. The topological polar surface area (TPSA) is 0 Å². The molecule has 0 N–H and O–H groups in total. The summed E-state index contributed by atoms with van der Waals surface area (Å²) in [5, 5.41) is 0. The van der Waals surface area contributed by atoms with Gasteiger partial charge in [0.2, 0.25) is 0 Å². The molecule has 0 nitrogen and oxygen atoms in total. The maximum atomic E-state index is 2.52. The van der Waals surface area contributed by atoms with E-state index < -0.39 is 0 Å². The summed E-state index contributed by atoms with van der Waals surface area (Å²) in [4.78, 5) is 0. The molecule has 0 aliphatic heterocycles. The molecule has 0 amide bonds. The van der Waals surface area contributed by atoms with Gasteiger partial charge in [-0.15, -0.1) is 0 Å². The zero-order valence-electron chi connectivity index (χ0n) is 24.2. The van der Waals surface area contributed by atoms with Crippen LogP contribution in [0.5, 0.6) is 0 Å². The Bertz CT molecular complexity index is 1410. The van der Waals surface area contributed by atoms with E-state index in [1.807, 2.05) is 0 Å². The molecule has 0 bridgehead atoms. The van der Waals surface area contributed by atoms with Crippen molar-refractivity contribution in [1.82, 2.24) is 0 Å². The van der Waals surface area contributed by atoms with Gasteiger partial charge in [-0.2, -0.15) is 0 Å². The molecule has 2 aliphatic rings. The summed E-state index contributed by atoms with van der Waals surface area (Å²) in [5.74, 6) is 0. The van der Waals surface area contributed by atoms with Gasteiger partial charge in [0.05, 0.1) is 0 Å². The number of aryl methyl sites for hydroxylation is 3. The summed E-state index contributed by atoms with van der Waals surface area (Å²) in [7, 11) is 0. The normalized spacial score (nSPS) is 18.2. The molecule has 4 aromatic carbocycles. The van der Waals surface area contributed by atoms with Crippen LogP contribution < -0.4 is 0 Å². The molecule has 0 aromatic heterocycles. The summed E-state index contributed by atoms with van der Waals surface area (Å²) in [5.41, 5.74) is 13.4. The van der Waals surface area contributed by atoms with Gasteiger partial charge >= 0.3 is 0 Å². The highest BCUT2D eigenvalue weighted by Crippen LogP contribution is 2.47. The Morgan fingerprint density at radius 2 is 1.03 bits per heavy atom. The van der Waals surface area contributed by atoms with E-state index in [1.54, 1.807) is 0 Å². The van der Waals surface area contributed by atoms with E-state index >= 15 is 0 Å². The van der Waals surface area contributed by atoms with E-state index in [9.17, 15) is 0 Å². The lowest BCUT2D eigenvalue weighted by molar-refractivity contribution is 0.345. The standard InChI is InChI=1S/C39H44/c1-29-12-17-34(18-13-29)38(24-7-8-25-38)35-19-14-32(15-20-35)28-33-16-21-37(27-31(33)3)39(22-5-4-6-23-39)36-11-9-10-30(2)26-36/h9-21,26-27H,4-8,22-25,28H2,1-3H3. The van der Waals surface area contributed by atoms with Crippen molar-refractivity contribution in [2.24, 2.45) is 0 Å². The van der Waals surface area contributed by atoms with Crippen LogP contribution in [0.1, 0.15) is 108 Å². The van der Waals surface area contributed by atoms with Gasteiger partial charge in [-0.3, -0.25) is 0 Å². The fraction of sp³-hybridized carbons (Fsp3) is 0.385. The number of hydrogen-bond acceptors (Lipinski definition) is 0. The first-order valence-corrected chi connectivity index (χ1v) is 15.3. The van der Waals surface area contributed by atoms with Gasteiger partial charge in [0.25, 0.3) is 0 Å². The van der Waals surface area contributed by atoms with Crippen molar-refractivity contribution in [3.63, 3.8) is 0 Å². The lowest BCUT2D eigenvalue weighted by Crippen LogP contribution is -2.30. The maximum Gasteiger partial charge on any atom is 0.0203 e. The molecule has 39 heavy (non-hydrogen) atoms. The maximum absolute atomic E-state index is 2.52. The minimum atomic E-state index is 0.167. The molecule has 0 heteroatoms. The van der Waals surface area contributed by atoms with Crippen LogP contribution in [0.2, 0.25) is 0 Å². The van der Waals surface area contributed by atoms with Crippen molar-refractivity contribution < 1.29 is 0 Å². The summed E-state index contributed by atoms with van der Waals surface area (Å²) in [6.45, 7) is 6.74. The highest BCUT2D eigenvalue weighted by molar-refractivity contribution is 5.47. The third-order valence-corrected chi connectivity index (χ3v) is 10.1. The quantitative estimate of drug-likeness (QED) is 0.241. The number of benzene rings is 4. The largest absolute Gasteiger partial charge is 0.0617 e. The van der Waals surface area contributed by atoms with Gasteiger partial charge in [0.1, 0.15) is 0 Å². The van der Waals surface area contributed by atoms with Gasteiger partial charge in [0.15, 0.2) is 0 Å². The van der Waals surface area contributed by atoms with Gasteiger partial charge in [-0.05, 0) is 91.8 Å². The minimum absolute atomic E-state index is 0.167. The van der Waals surface area contributed by atoms with Crippen molar-refractivity contribution in [2.45, 2.75) is 95.8 Å². The van der Waals surface area contributed by atoms with Crippen molar-refractivity contribution in [1.29, 1.82) is 0 Å². The number of rotatable bonds is 6. The second-order valence-electron chi connectivity index (χ2n) is 12.7. The molecule has 0 heterocycles. The molecule has 2 fully saturated rings. The smallest absolute Gasteiger partial charge is 0.0203 e. The average Bonchev–Trinajstić information content (AvgIpc) is 3.46. The lowest BCUT2D eigenvalue weighted by Gasteiger charge is -2.39. The second kappa shape index (κ2) is 10.8. The zero-order valence-corrected chi connectivity index (χ0v) is 24.2. The molecule has 2 aliphatic carbocycles. The van der Waals surface area contributed by atoms with Crippen molar-refractivity contribution >= 4 is 0 Å². The van der Waals surface area contributed by atoms with E-state index in [2.05, 4.69) is 112 Å². The van der Waals surface area contributed by atoms with Crippen LogP contribution in [0, 0.1) is 20.8 Å². The molecule has 0 saturated heterocycles. The van der Waals surface area contributed by atoms with E-state index in [0.29, 0.717) is 0 Å². The van der Waals surface area contributed by atoms with Crippen LogP contribution in [0.3, 0.4) is 0 Å². The van der Waals surface area contributed by atoms with Crippen molar-refractivity contribution in [2.75, 3.05) is 0 Å². The molecule has 6 rings (SSSR count). The SMILES string of the molecule is Cc1ccc(C2(c3ccc(Cc4ccc(C5(c6cccc(C)c6)CCCCC5)cc4C)cc3)CCCC2)cc1. The van der Waals surface area contributed by atoms with E-state index in [0.717, 1.165) is 6.42 Å². The molecule has 0 atom stereocenters. The second-order valence-corrected chi connectivity index (χ2v) is 12.7. The first kappa shape index (κ1) is 26.1. The average molecular weight is 513 g/mol. The fourth-order valence-electron chi connectivity index (χ4n) is 7.79. The summed E-state index contributed by atoms with van der Waals surface area (Å²) < 4.78 is 0. The van der Waals surface area contributed by atoms with E-state index in [1.165, 1.54) is 108 Å². The van der Waals surface area contributed by atoms with Gasteiger partial charge < -0.3 is 0 Å². The molecular weight excluding hydrogens is 468 g/mol. The Kier molecular flexibility index (Phi) is 7.23. The highest BCUT2D eigenvalue weighted by atomic mass is 14.4. The predicted octanol–water partition coefficient (Wildman–Crippen LogP) is 10.3. The Hall–Kier alpha value is -3.12. The highest BCUT2D eigenvalue weighted by Gasteiger charge is 2.37. The van der Waals surface area contributed by atoms with E-state index in [4.69, 9.17) is 0 Å². The third kappa shape index (κ3) is 5.00. The van der Waals surface area contributed by atoms with Gasteiger partial charge in [-0.1, -0.05) is 134 Å². The molecular formula is C39H44. The van der Waals surface area contributed by atoms with Crippen molar-refractivity contribution in [3.05, 3.63) is 141 Å². The minimum Gasteiger partial charge on any atom is -0.0617 e. The first-order chi connectivity index (χ1) is 19.0. The Morgan fingerprint density at radius 1 is 0.487 bits per heavy atom. The summed E-state index contributed by atoms with van der Waals surface area (Å²) >= 11 is 0. The Balaban J connectivity index is 1.26. The Morgan fingerprint density at radius 3 is 1.64 bits per heavy atom. The Labute approximate surface area is 236 Å². The molecule has 200 valence electrons. The molecule has 2 saturated carbocycles. The van der Waals surface area contributed by atoms with Crippen LogP contribution >= 0.6 is 0 Å². The first-order valence-electron chi connectivity index (χ1n) is 15.3. The van der Waals surface area contributed by atoms with Crippen LogP contribution in [0.4, 0.5) is 0 Å². The van der Waals surface area contributed by atoms with Gasteiger partial charge in [0, 0.05) is 10.8 Å². The molecule has 0 radical (unpaired) electrons. The van der Waals surface area contributed by atoms with Crippen LogP contribution in [-0.2, 0) is 17.3 Å². The summed E-state index contributed by atoms with van der Waals surface area (Å²) in [6, 6.07) is 35.6.